The third-order valence-corrected chi connectivity index (χ3v) is 3.72. The number of methoxy groups -OCH3 is 2. The van der Waals surface area contributed by atoms with Crippen molar-refractivity contribution in [2.45, 2.75) is 0 Å². The van der Waals surface area contributed by atoms with Gasteiger partial charge in [0.05, 0.1) is 20.8 Å². The molecule has 0 aliphatic carbocycles. The van der Waals surface area contributed by atoms with Crippen LogP contribution in [-0.4, -0.2) is 44.0 Å². The number of benzene rings is 2. The lowest BCUT2D eigenvalue weighted by Gasteiger charge is -2.19. The van der Waals surface area contributed by atoms with E-state index in [2.05, 4.69) is 4.99 Å². The zero-order valence-corrected chi connectivity index (χ0v) is 13.2. The maximum atomic E-state index is 12.9. The van der Waals surface area contributed by atoms with E-state index in [9.17, 15) is 4.79 Å². The molecular formula is C18H18N2O3. The van der Waals surface area contributed by atoms with Crippen molar-refractivity contribution in [2.24, 2.45) is 4.99 Å². The number of amides is 1. The first-order chi connectivity index (χ1) is 11.2. The maximum Gasteiger partial charge on any atom is 0.259 e. The fourth-order valence-electron chi connectivity index (χ4n) is 2.57. The van der Waals surface area contributed by atoms with Gasteiger partial charge in [0, 0.05) is 23.7 Å². The predicted molar refractivity (Wildman–Crippen MR) is 88.4 cm³/mol. The van der Waals surface area contributed by atoms with Crippen molar-refractivity contribution >= 4 is 11.7 Å². The fourth-order valence-corrected chi connectivity index (χ4v) is 2.57. The predicted octanol–water partition coefficient (Wildman–Crippen LogP) is 2.61. The Kier molecular flexibility index (Phi) is 4.28. The van der Waals surface area contributed by atoms with Crippen LogP contribution in [0.15, 0.2) is 53.5 Å². The van der Waals surface area contributed by atoms with Crippen LogP contribution in [0.5, 0.6) is 11.5 Å². The van der Waals surface area contributed by atoms with E-state index in [0.29, 0.717) is 36.0 Å². The molecule has 0 fully saturated rings. The van der Waals surface area contributed by atoms with Gasteiger partial charge in [0.15, 0.2) is 0 Å². The summed E-state index contributed by atoms with van der Waals surface area (Å²) in [6, 6.07) is 14.9. The van der Waals surface area contributed by atoms with E-state index in [1.807, 2.05) is 30.3 Å². The second-order valence-electron chi connectivity index (χ2n) is 5.13. The quantitative estimate of drug-likeness (QED) is 0.872. The Hall–Kier alpha value is -2.82. The molecule has 0 aromatic heterocycles. The SMILES string of the molecule is COc1cc(OC)cc(C(=O)N2CCN=C2c2ccccc2)c1. The summed E-state index contributed by atoms with van der Waals surface area (Å²) in [6.07, 6.45) is 0. The molecule has 5 heteroatoms. The molecule has 1 aliphatic rings. The highest BCUT2D eigenvalue weighted by Gasteiger charge is 2.26. The second kappa shape index (κ2) is 6.52. The van der Waals surface area contributed by atoms with Crippen LogP contribution in [0.2, 0.25) is 0 Å². The molecule has 0 unspecified atom stereocenters. The van der Waals surface area contributed by atoms with E-state index in [0.717, 1.165) is 5.56 Å². The molecule has 0 saturated carbocycles. The highest BCUT2D eigenvalue weighted by molar-refractivity contribution is 6.13. The minimum Gasteiger partial charge on any atom is -0.497 e. The molecule has 2 aromatic rings. The van der Waals surface area contributed by atoms with Crippen molar-refractivity contribution in [1.29, 1.82) is 0 Å². The molecule has 118 valence electrons. The number of carbonyl (C=O) groups excluding carboxylic acids is 1. The Balaban J connectivity index is 1.93. The molecule has 0 radical (unpaired) electrons. The first-order valence-electron chi connectivity index (χ1n) is 7.37. The number of hydrogen-bond acceptors (Lipinski definition) is 4. The molecule has 1 amide bonds. The van der Waals surface area contributed by atoms with Crippen molar-refractivity contribution < 1.29 is 14.3 Å². The van der Waals surface area contributed by atoms with E-state index in [1.165, 1.54) is 0 Å². The van der Waals surface area contributed by atoms with Crippen LogP contribution in [0.25, 0.3) is 0 Å². The molecule has 3 rings (SSSR count). The van der Waals surface area contributed by atoms with Crippen LogP contribution in [0.4, 0.5) is 0 Å². The number of ether oxygens (including phenoxy) is 2. The normalized spacial score (nSPS) is 13.7. The van der Waals surface area contributed by atoms with Gasteiger partial charge in [-0.05, 0) is 12.1 Å². The first kappa shape index (κ1) is 15.1. The highest BCUT2D eigenvalue weighted by Crippen LogP contribution is 2.24. The van der Waals surface area contributed by atoms with E-state index < -0.39 is 0 Å². The average Bonchev–Trinajstić information content (AvgIpc) is 3.11. The smallest absolute Gasteiger partial charge is 0.259 e. The maximum absolute atomic E-state index is 12.9. The van der Waals surface area contributed by atoms with Gasteiger partial charge < -0.3 is 9.47 Å². The van der Waals surface area contributed by atoms with Gasteiger partial charge in [0.2, 0.25) is 0 Å². The van der Waals surface area contributed by atoms with E-state index >= 15 is 0 Å². The van der Waals surface area contributed by atoms with Gasteiger partial charge in [-0.15, -0.1) is 0 Å². The lowest BCUT2D eigenvalue weighted by molar-refractivity contribution is 0.0857. The van der Waals surface area contributed by atoms with Crippen molar-refractivity contribution in [1.82, 2.24) is 4.90 Å². The molecular weight excluding hydrogens is 292 g/mol. The molecule has 2 aromatic carbocycles. The molecule has 0 N–H and O–H groups in total. The summed E-state index contributed by atoms with van der Waals surface area (Å²) in [5.74, 6) is 1.77. The minimum absolute atomic E-state index is 0.109. The summed E-state index contributed by atoms with van der Waals surface area (Å²) >= 11 is 0. The summed E-state index contributed by atoms with van der Waals surface area (Å²) in [6.45, 7) is 1.18. The van der Waals surface area contributed by atoms with Crippen LogP contribution in [0.1, 0.15) is 15.9 Å². The lowest BCUT2D eigenvalue weighted by atomic mass is 10.1. The van der Waals surface area contributed by atoms with Gasteiger partial charge in [-0.25, -0.2) is 0 Å². The lowest BCUT2D eigenvalue weighted by Crippen LogP contribution is -2.34. The standard InChI is InChI=1S/C18H18N2O3/c1-22-15-10-14(11-16(12-15)23-2)18(21)20-9-8-19-17(20)13-6-4-3-5-7-13/h3-7,10-12H,8-9H2,1-2H3. The van der Waals surface area contributed by atoms with Gasteiger partial charge >= 0.3 is 0 Å². The Bertz CT molecular complexity index is 719. The van der Waals surface area contributed by atoms with Crippen molar-refractivity contribution in [2.75, 3.05) is 27.3 Å². The van der Waals surface area contributed by atoms with E-state index in [1.54, 1.807) is 37.3 Å². The van der Waals surface area contributed by atoms with Crippen molar-refractivity contribution in [3.8, 4) is 11.5 Å². The van der Waals surface area contributed by atoms with Crippen LogP contribution in [0.3, 0.4) is 0 Å². The van der Waals surface area contributed by atoms with Gasteiger partial charge in [-0.2, -0.15) is 0 Å². The number of aliphatic imine (C=N–C) groups is 1. The summed E-state index contributed by atoms with van der Waals surface area (Å²) in [5, 5.41) is 0. The molecule has 5 nitrogen and oxygen atoms in total. The molecule has 0 saturated heterocycles. The number of amidine groups is 1. The Morgan fingerprint density at radius 1 is 1.04 bits per heavy atom. The third-order valence-electron chi connectivity index (χ3n) is 3.72. The van der Waals surface area contributed by atoms with E-state index in [-0.39, 0.29) is 5.91 Å². The number of hydrogen-bond donors (Lipinski definition) is 0. The monoisotopic (exact) mass is 310 g/mol. The number of rotatable bonds is 4. The van der Waals surface area contributed by atoms with Crippen LogP contribution in [0, 0.1) is 0 Å². The zero-order chi connectivity index (χ0) is 16.2. The van der Waals surface area contributed by atoms with Crippen molar-refractivity contribution in [3.05, 3.63) is 59.7 Å². The zero-order valence-electron chi connectivity index (χ0n) is 13.2. The Morgan fingerprint density at radius 3 is 2.30 bits per heavy atom. The second-order valence-corrected chi connectivity index (χ2v) is 5.13. The number of nitrogens with zero attached hydrogens (tertiary/aromatic N) is 2. The minimum atomic E-state index is -0.109. The number of carbonyl (C=O) groups is 1. The summed E-state index contributed by atoms with van der Waals surface area (Å²) < 4.78 is 10.5. The van der Waals surface area contributed by atoms with Crippen LogP contribution >= 0.6 is 0 Å². The topological polar surface area (TPSA) is 51.1 Å². The third kappa shape index (κ3) is 3.04. The molecule has 1 heterocycles. The van der Waals surface area contributed by atoms with Crippen molar-refractivity contribution in [3.63, 3.8) is 0 Å². The summed E-state index contributed by atoms with van der Waals surface area (Å²) in [5.41, 5.74) is 1.46. The molecule has 0 atom stereocenters. The van der Waals surface area contributed by atoms with Gasteiger partial charge in [0.1, 0.15) is 17.3 Å². The Labute approximate surface area is 135 Å². The summed E-state index contributed by atoms with van der Waals surface area (Å²) in [7, 11) is 3.13. The van der Waals surface area contributed by atoms with Gasteiger partial charge in [0.25, 0.3) is 5.91 Å². The molecule has 1 aliphatic heterocycles. The average molecular weight is 310 g/mol. The molecule has 0 spiro atoms. The van der Waals surface area contributed by atoms with Gasteiger partial charge in [-0.1, -0.05) is 30.3 Å². The van der Waals surface area contributed by atoms with Gasteiger partial charge in [-0.3, -0.25) is 14.7 Å². The highest BCUT2D eigenvalue weighted by atomic mass is 16.5. The van der Waals surface area contributed by atoms with Crippen LogP contribution in [-0.2, 0) is 0 Å². The van der Waals surface area contributed by atoms with Crippen LogP contribution < -0.4 is 9.47 Å². The fraction of sp³-hybridized carbons (Fsp3) is 0.222. The Morgan fingerprint density at radius 2 is 1.70 bits per heavy atom. The molecule has 0 bridgehead atoms. The van der Waals surface area contributed by atoms with E-state index in [4.69, 9.17) is 9.47 Å². The summed E-state index contributed by atoms with van der Waals surface area (Å²) in [4.78, 5) is 19.1. The first-order valence-corrected chi connectivity index (χ1v) is 7.37. The largest absolute Gasteiger partial charge is 0.497 e. The molecule has 23 heavy (non-hydrogen) atoms.